The molecule has 2 unspecified atom stereocenters. The molecule has 132 valence electrons. The van der Waals surface area contributed by atoms with Gasteiger partial charge in [0.2, 0.25) is 0 Å². The van der Waals surface area contributed by atoms with E-state index in [4.69, 9.17) is 9.26 Å². The van der Waals surface area contributed by atoms with Crippen molar-refractivity contribution in [1.29, 1.82) is 0 Å². The van der Waals surface area contributed by atoms with Crippen LogP contribution in [0.5, 0.6) is 0 Å². The summed E-state index contributed by atoms with van der Waals surface area (Å²) in [4.78, 5) is 12.6. The Labute approximate surface area is 147 Å². The van der Waals surface area contributed by atoms with Crippen LogP contribution in [0.25, 0.3) is 5.82 Å². The van der Waals surface area contributed by atoms with E-state index < -0.39 is 0 Å². The third-order valence-electron chi connectivity index (χ3n) is 4.30. The lowest BCUT2D eigenvalue weighted by Crippen LogP contribution is -2.43. The minimum Gasteiger partial charge on any atom is -0.378 e. The predicted molar refractivity (Wildman–Crippen MR) is 92.2 cm³/mol. The number of halogens is 1. The van der Waals surface area contributed by atoms with Crippen molar-refractivity contribution >= 4 is 18.3 Å². The van der Waals surface area contributed by atoms with E-state index in [9.17, 15) is 4.79 Å². The molecule has 0 spiro atoms. The molecule has 2 atom stereocenters. The Morgan fingerprint density at radius 1 is 1.38 bits per heavy atom. The van der Waals surface area contributed by atoms with Gasteiger partial charge in [-0.25, -0.2) is 0 Å². The van der Waals surface area contributed by atoms with E-state index in [0.717, 1.165) is 23.7 Å². The Bertz CT molecular complexity index is 725. The van der Waals surface area contributed by atoms with Gasteiger partial charge < -0.3 is 19.9 Å². The van der Waals surface area contributed by atoms with Crippen LogP contribution in [-0.2, 0) is 4.74 Å². The molecular formula is C16H23ClN4O3. The minimum atomic E-state index is -0.0969. The summed E-state index contributed by atoms with van der Waals surface area (Å²) in [6, 6.07) is 3.70. The second-order valence-corrected chi connectivity index (χ2v) is 5.93. The molecule has 7 nitrogen and oxygen atoms in total. The molecule has 1 aliphatic heterocycles. The number of carbonyl (C=O) groups excluding carboxylic acids is 1. The van der Waals surface area contributed by atoms with Gasteiger partial charge in [0.25, 0.3) is 5.91 Å². The van der Waals surface area contributed by atoms with Crippen molar-refractivity contribution in [3.63, 3.8) is 0 Å². The molecule has 0 saturated carbocycles. The summed E-state index contributed by atoms with van der Waals surface area (Å²) in [6.07, 6.45) is 0.000582. The number of hydrogen-bond acceptors (Lipinski definition) is 5. The van der Waals surface area contributed by atoms with Crippen LogP contribution < -0.4 is 10.6 Å². The van der Waals surface area contributed by atoms with E-state index >= 15 is 0 Å². The zero-order valence-corrected chi connectivity index (χ0v) is 15.1. The van der Waals surface area contributed by atoms with Crippen molar-refractivity contribution in [3.8, 4) is 5.82 Å². The average molecular weight is 355 g/mol. The smallest absolute Gasteiger partial charge is 0.253 e. The van der Waals surface area contributed by atoms with Gasteiger partial charge in [0.1, 0.15) is 5.76 Å². The molecule has 3 heterocycles. The second-order valence-electron chi connectivity index (χ2n) is 5.93. The SMILES string of the molecule is COC1CNCC1NC(=O)c1cc(C)n(-c2cc(C)on2)c1C.Cl. The fraction of sp³-hybridized carbons (Fsp3) is 0.500. The Morgan fingerprint density at radius 3 is 2.75 bits per heavy atom. The number of ether oxygens (including phenoxy) is 1. The maximum absolute atomic E-state index is 12.6. The minimum absolute atomic E-state index is 0. The molecule has 3 rings (SSSR count). The van der Waals surface area contributed by atoms with Gasteiger partial charge in [0.05, 0.1) is 17.7 Å². The number of carbonyl (C=O) groups is 1. The first-order valence-electron chi connectivity index (χ1n) is 7.68. The van der Waals surface area contributed by atoms with Gasteiger partial charge in [-0.05, 0) is 26.8 Å². The normalized spacial score (nSPS) is 20.0. The highest BCUT2D eigenvalue weighted by molar-refractivity contribution is 5.96. The van der Waals surface area contributed by atoms with Crippen LogP contribution in [0.3, 0.4) is 0 Å². The van der Waals surface area contributed by atoms with Gasteiger partial charge in [-0.3, -0.25) is 9.36 Å². The molecule has 1 saturated heterocycles. The van der Waals surface area contributed by atoms with E-state index in [2.05, 4.69) is 15.8 Å². The van der Waals surface area contributed by atoms with Crippen molar-refractivity contribution in [2.75, 3.05) is 20.2 Å². The molecule has 2 aromatic rings. The summed E-state index contributed by atoms with van der Waals surface area (Å²) in [5.41, 5.74) is 2.42. The lowest BCUT2D eigenvalue weighted by atomic mass is 10.1. The highest BCUT2D eigenvalue weighted by atomic mass is 35.5. The van der Waals surface area contributed by atoms with E-state index in [0.29, 0.717) is 17.9 Å². The molecule has 0 bridgehead atoms. The number of aryl methyl sites for hydroxylation is 2. The molecule has 1 aliphatic rings. The monoisotopic (exact) mass is 354 g/mol. The maximum atomic E-state index is 12.6. The Kier molecular flexibility index (Phi) is 5.69. The van der Waals surface area contributed by atoms with Gasteiger partial charge in [0.15, 0.2) is 5.82 Å². The van der Waals surface area contributed by atoms with Gasteiger partial charge in [-0.2, -0.15) is 0 Å². The molecule has 8 heteroatoms. The zero-order valence-electron chi connectivity index (χ0n) is 14.3. The Hall–Kier alpha value is -1.83. The molecule has 0 radical (unpaired) electrons. The molecule has 2 N–H and O–H groups in total. The summed E-state index contributed by atoms with van der Waals surface area (Å²) in [6.45, 7) is 7.16. The predicted octanol–water partition coefficient (Wildman–Crippen LogP) is 1.53. The summed E-state index contributed by atoms with van der Waals surface area (Å²) in [7, 11) is 1.66. The first-order chi connectivity index (χ1) is 11.0. The number of amides is 1. The van der Waals surface area contributed by atoms with E-state index in [1.807, 2.05) is 37.5 Å². The number of hydrogen-bond donors (Lipinski definition) is 2. The summed E-state index contributed by atoms with van der Waals surface area (Å²) in [5.74, 6) is 1.33. The molecule has 0 aromatic carbocycles. The molecule has 1 fully saturated rings. The molecule has 0 aliphatic carbocycles. The van der Waals surface area contributed by atoms with Crippen molar-refractivity contribution in [1.82, 2.24) is 20.4 Å². The summed E-state index contributed by atoms with van der Waals surface area (Å²) >= 11 is 0. The van der Waals surface area contributed by atoms with Crippen LogP contribution in [0, 0.1) is 20.8 Å². The summed E-state index contributed by atoms with van der Waals surface area (Å²) < 4.78 is 12.4. The maximum Gasteiger partial charge on any atom is 0.253 e. The van der Waals surface area contributed by atoms with Crippen LogP contribution in [0.1, 0.15) is 27.5 Å². The average Bonchev–Trinajstić information content (AvgIpc) is 3.19. The van der Waals surface area contributed by atoms with Gasteiger partial charge in [-0.15, -0.1) is 12.4 Å². The Balaban J connectivity index is 0.00000208. The lowest BCUT2D eigenvalue weighted by molar-refractivity contribution is 0.0779. The molecule has 1 amide bonds. The second kappa shape index (κ2) is 7.38. The first-order valence-corrected chi connectivity index (χ1v) is 7.68. The molecule has 2 aromatic heterocycles. The van der Waals surface area contributed by atoms with Crippen LogP contribution in [-0.4, -0.2) is 48.0 Å². The third kappa shape index (κ3) is 3.33. The number of nitrogens with zero attached hydrogens (tertiary/aromatic N) is 2. The highest BCUT2D eigenvalue weighted by Gasteiger charge is 2.29. The Morgan fingerprint density at radius 2 is 2.12 bits per heavy atom. The van der Waals surface area contributed by atoms with Crippen LogP contribution in [0.2, 0.25) is 0 Å². The van der Waals surface area contributed by atoms with Crippen molar-refractivity contribution < 1.29 is 14.1 Å². The lowest BCUT2D eigenvalue weighted by Gasteiger charge is -2.18. The number of rotatable bonds is 4. The van der Waals surface area contributed by atoms with Crippen molar-refractivity contribution in [3.05, 3.63) is 34.8 Å². The van der Waals surface area contributed by atoms with E-state index in [-0.39, 0.29) is 30.5 Å². The first kappa shape index (κ1) is 18.5. The van der Waals surface area contributed by atoms with E-state index in [1.54, 1.807) is 7.11 Å². The van der Waals surface area contributed by atoms with Gasteiger partial charge >= 0.3 is 0 Å². The van der Waals surface area contributed by atoms with Crippen LogP contribution in [0.15, 0.2) is 16.7 Å². The van der Waals surface area contributed by atoms with Gasteiger partial charge in [0, 0.05) is 37.7 Å². The highest BCUT2D eigenvalue weighted by Crippen LogP contribution is 2.21. The number of aromatic nitrogens is 2. The van der Waals surface area contributed by atoms with Gasteiger partial charge in [-0.1, -0.05) is 5.16 Å². The van der Waals surface area contributed by atoms with E-state index in [1.165, 1.54) is 0 Å². The van der Waals surface area contributed by atoms with Crippen LogP contribution in [0.4, 0.5) is 0 Å². The quantitative estimate of drug-likeness (QED) is 0.870. The molecule has 24 heavy (non-hydrogen) atoms. The fourth-order valence-corrected chi connectivity index (χ4v) is 3.10. The summed E-state index contributed by atoms with van der Waals surface area (Å²) in [5, 5.41) is 10.3. The van der Waals surface area contributed by atoms with Crippen molar-refractivity contribution in [2.45, 2.75) is 32.9 Å². The number of nitrogens with one attached hydrogen (secondary N) is 2. The largest absolute Gasteiger partial charge is 0.378 e. The fourth-order valence-electron chi connectivity index (χ4n) is 3.10. The van der Waals surface area contributed by atoms with Crippen molar-refractivity contribution in [2.24, 2.45) is 0 Å². The topological polar surface area (TPSA) is 81.3 Å². The zero-order chi connectivity index (χ0) is 16.6. The standard InChI is InChI=1S/C16H22N4O3.ClH/c1-9-5-12(11(3)20(9)15-6-10(2)23-19-15)16(21)18-13-7-17-8-14(13)22-4;/h5-6,13-14,17H,7-8H2,1-4H3,(H,18,21);1H. The molecular weight excluding hydrogens is 332 g/mol. The number of methoxy groups -OCH3 is 1. The van der Waals surface area contributed by atoms with Crippen LogP contribution >= 0.6 is 12.4 Å². The third-order valence-corrected chi connectivity index (χ3v) is 4.30.